The number of benzene rings is 2. The molecule has 1 heterocycles. The van der Waals surface area contributed by atoms with Crippen LogP contribution in [0.2, 0.25) is 10.0 Å². The zero-order chi connectivity index (χ0) is 19.4. The zero-order valence-electron chi connectivity index (χ0n) is 14.2. The predicted octanol–water partition coefficient (Wildman–Crippen LogP) is 5.61. The number of nitrogens with zero attached hydrogens (tertiary/aromatic N) is 3. The van der Waals surface area contributed by atoms with E-state index in [2.05, 4.69) is 38.1 Å². The van der Waals surface area contributed by atoms with Crippen molar-refractivity contribution in [3.63, 3.8) is 0 Å². The van der Waals surface area contributed by atoms with Gasteiger partial charge in [0.15, 0.2) is 11.0 Å². The summed E-state index contributed by atoms with van der Waals surface area (Å²) in [7, 11) is 0. The van der Waals surface area contributed by atoms with Crippen molar-refractivity contribution >= 4 is 69.1 Å². The molecular formula is C18H15Cl2IN4OS. The van der Waals surface area contributed by atoms with Crippen LogP contribution in [0.4, 0.5) is 5.69 Å². The van der Waals surface area contributed by atoms with Gasteiger partial charge in [-0.25, -0.2) is 0 Å². The van der Waals surface area contributed by atoms with Crippen molar-refractivity contribution in [1.29, 1.82) is 0 Å². The van der Waals surface area contributed by atoms with Crippen LogP contribution in [-0.4, -0.2) is 26.4 Å². The number of thioether (sulfide) groups is 1. The number of carbonyl (C=O) groups is 1. The van der Waals surface area contributed by atoms with Crippen molar-refractivity contribution in [2.45, 2.75) is 18.6 Å². The highest BCUT2D eigenvalue weighted by Gasteiger charge is 2.17. The smallest absolute Gasteiger partial charge is 0.234 e. The normalized spacial score (nSPS) is 10.8. The molecule has 0 saturated heterocycles. The summed E-state index contributed by atoms with van der Waals surface area (Å²) in [6.45, 7) is 2.65. The van der Waals surface area contributed by atoms with E-state index in [1.54, 1.807) is 12.1 Å². The van der Waals surface area contributed by atoms with Crippen LogP contribution < -0.4 is 5.32 Å². The minimum atomic E-state index is -0.0991. The van der Waals surface area contributed by atoms with Crippen molar-refractivity contribution in [2.75, 3.05) is 11.1 Å². The molecule has 3 rings (SSSR count). The Morgan fingerprint density at radius 1 is 1.19 bits per heavy atom. The van der Waals surface area contributed by atoms with Crippen LogP contribution in [0.1, 0.15) is 6.92 Å². The third-order valence-electron chi connectivity index (χ3n) is 3.67. The fourth-order valence-electron chi connectivity index (χ4n) is 2.41. The molecule has 9 heteroatoms. The molecule has 1 aromatic heterocycles. The largest absolute Gasteiger partial charge is 0.325 e. The van der Waals surface area contributed by atoms with Gasteiger partial charge in [0.05, 0.1) is 10.8 Å². The van der Waals surface area contributed by atoms with E-state index in [9.17, 15) is 4.79 Å². The number of hydrogen-bond acceptors (Lipinski definition) is 4. The number of nitrogens with one attached hydrogen (secondary N) is 1. The summed E-state index contributed by atoms with van der Waals surface area (Å²) < 4.78 is 3.04. The Hall–Kier alpha value is -1.29. The molecule has 5 nitrogen and oxygen atoms in total. The maximum Gasteiger partial charge on any atom is 0.234 e. The molecule has 0 saturated carbocycles. The van der Waals surface area contributed by atoms with Gasteiger partial charge >= 0.3 is 0 Å². The Labute approximate surface area is 185 Å². The number of carbonyl (C=O) groups excluding carboxylic acids is 1. The van der Waals surface area contributed by atoms with E-state index < -0.39 is 0 Å². The van der Waals surface area contributed by atoms with E-state index in [4.69, 9.17) is 23.2 Å². The van der Waals surface area contributed by atoms with Gasteiger partial charge in [-0.05, 0) is 72.0 Å². The van der Waals surface area contributed by atoms with Gasteiger partial charge in [0, 0.05) is 26.4 Å². The Bertz CT molecular complexity index is 962. The first-order valence-electron chi connectivity index (χ1n) is 8.04. The van der Waals surface area contributed by atoms with Gasteiger partial charge in [-0.1, -0.05) is 35.0 Å². The number of rotatable bonds is 6. The monoisotopic (exact) mass is 532 g/mol. The Morgan fingerprint density at radius 2 is 1.93 bits per heavy atom. The molecule has 140 valence electrons. The molecule has 1 N–H and O–H groups in total. The van der Waals surface area contributed by atoms with Crippen molar-refractivity contribution in [2.24, 2.45) is 0 Å². The van der Waals surface area contributed by atoms with Gasteiger partial charge < -0.3 is 9.88 Å². The number of anilines is 1. The summed E-state index contributed by atoms with van der Waals surface area (Å²) in [4.78, 5) is 12.2. The second kappa shape index (κ2) is 9.27. The fraction of sp³-hybridized carbons (Fsp3) is 0.167. The van der Waals surface area contributed by atoms with Gasteiger partial charge in [-0.15, -0.1) is 10.2 Å². The molecule has 0 unspecified atom stereocenters. The van der Waals surface area contributed by atoms with E-state index in [-0.39, 0.29) is 11.7 Å². The Kier molecular flexibility index (Phi) is 7.02. The van der Waals surface area contributed by atoms with Crippen molar-refractivity contribution in [3.8, 4) is 11.4 Å². The van der Waals surface area contributed by atoms with Gasteiger partial charge in [-0.2, -0.15) is 0 Å². The molecule has 0 aliphatic carbocycles. The zero-order valence-corrected chi connectivity index (χ0v) is 18.7. The lowest BCUT2D eigenvalue weighted by atomic mass is 10.2. The number of aromatic nitrogens is 3. The second-order valence-corrected chi connectivity index (χ2v) is 8.55. The molecule has 0 spiro atoms. The minimum Gasteiger partial charge on any atom is -0.325 e. The third kappa shape index (κ3) is 5.16. The van der Waals surface area contributed by atoms with E-state index in [1.807, 2.05) is 41.8 Å². The number of amides is 1. The molecule has 0 bridgehead atoms. The first-order chi connectivity index (χ1) is 13.0. The molecule has 1 amide bonds. The van der Waals surface area contributed by atoms with Crippen LogP contribution in [0.15, 0.2) is 47.6 Å². The maximum atomic E-state index is 12.2. The Balaban J connectivity index is 1.71. The van der Waals surface area contributed by atoms with Gasteiger partial charge in [0.2, 0.25) is 5.91 Å². The molecule has 0 aliphatic rings. The summed E-state index contributed by atoms with van der Waals surface area (Å²) in [5.74, 6) is 0.788. The van der Waals surface area contributed by atoms with Crippen LogP contribution in [0.25, 0.3) is 11.4 Å². The van der Waals surface area contributed by atoms with Gasteiger partial charge in [-0.3, -0.25) is 4.79 Å². The highest BCUT2D eigenvalue weighted by Crippen LogP contribution is 2.31. The van der Waals surface area contributed by atoms with Crippen LogP contribution in [-0.2, 0) is 11.3 Å². The van der Waals surface area contributed by atoms with Crippen molar-refractivity contribution < 1.29 is 4.79 Å². The van der Waals surface area contributed by atoms with Crippen LogP contribution in [0.5, 0.6) is 0 Å². The summed E-state index contributed by atoms with van der Waals surface area (Å²) >= 11 is 15.8. The first kappa shape index (κ1) is 20.4. The standard InChI is InChI=1S/C18H15Cl2IN4OS/c1-2-25-17(14-8-3-11(19)9-15(14)20)23-24-18(25)27-10-16(26)22-13-6-4-12(21)5-7-13/h3-9H,2,10H2,1H3,(H,22,26). The van der Waals surface area contributed by atoms with Crippen LogP contribution in [0, 0.1) is 3.57 Å². The lowest BCUT2D eigenvalue weighted by molar-refractivity contribution is -0.113. The van der Waals surface area contributed by atoms with Crippen LogP contribution in [0.3, 0.4) is 0 Å². The molecule has 27 heavy (non-hydrogen) atoms. The average Bonchev–Trinajstić information content (AvgIpc) is 3.04. The maximum absolute atomic E-state index is 12.2. The number of halogens is 3. The van der Waals surface area contributed by atoms with E-state index in [0.717, 1.165) is 14.8 Å². The highest BCUT2D eigenvalue weighted by atomic mass is 127. The summed E-state index contributed by atoms with van der Waals surface area (Å²) in [5, 5.41) is 13.1. The second-order valence-electron chi connectivity index (χ2n) is 5.52. The Morgan fingerprint density at radius 3 is 2.59 bits per heavy atom. The fourth-order valence-corrected chi connectivity index (χ4v) is 4.07. The first-order valence-corrected chi connectivity index (χ1v) is 10.9. The summed E-state index contributed by atoms with van der Waals surface area (Å²) in [6, 6.07) is 12.9. The van der Waals surface area contributed by atoms with Crippen molar-refractivity contribution in [1.82, 2.24) is 14.8 Å². The van der Waals surface area contributed by atoms with Gasteiger partial charge in [0.25, 0.3) is 0 Å². The van der Waals surface area contributed by atoms with E-state index in [0.29, 0.717) is 27.6 Å². The number of hydrogen-bond donors (Lipinski definition) is 1. The van der Waals surface area contributed by atoms with Crippen molar-refractivity contribution in [3.05, 3.63) is 56.1 Å². The van der Waals surface area contributed by atoms with E-state index in [1.165, 1.54) is 11.8 Å². The lowest BCUT2D eigenvalue weighted by Crippen LogP contribution is -2.14. The van der Waals surface area contributed by atoms with Gasteiger partial charge in [0.1, 0.15) is 0 Å². The molecule has 0 aliphatic heterocycles. The molecule has 0 atom stereocenters. The molecular weight excluding hydrogens is 518 g/mol. The molecule has 3 aromatic rings. The SMILES string of the molecule is CCn1c(SCC(=O)Nc2ccc(I)cc2)nnc1-c1ccc(Cl)cc1Cl. The third-order valence-corrected chi connectivity index (χ3v) is 5.90. The summed E-state index contributed by atoms with van der Waals surface area (Å²) in [6.07, 6.45) is 0. The van der Waals surface area contributed by atoms with Crippen LogP contribution >= 0.6 is 57.6 Å². The lowest BCUT2D eigenvalue weighted by Gasteiger charge is -2.09. The van der Waals surface area contributed by atoms with E-state index >= 15 is 0 Å². The highest BCUT2D eigenvalue weighted by molar-refractivity contribution is 14.1. The minimum absolute atomic E-state index is 0.0991. The topological polar surface area (TPSA) is 59.8 Å². The average molecular weight is 533 g/mol. The predicted molar refractivity (Wildman–Crippen MR) is 120 cm³/mol. The molecule has 0 radical (unpaired) electrons. The summed E-state index contributed by atoms with van der Waals surface area (Å²) in [5.41, 5.74) is 1.53. The molecule has 0 fully saturated rings. The quantitative estimate of drug-likeness (QED) is 0.331. The molecule has 2 aromatic carbocycles.